The summed E-state index contributed by atoms with van der Waals surface area (Å²) in [6.07, 6.45) is 0.473. The highest BCUT2D eigenvalue weighted by Crippen LogP contribution is 2.20. The molecule has 0 spiro atoms. The molecule has 12 heteroatoms. The second-order valence-corrected chi connectivity index (χ2v) is 7.97. The number of nitrogens with zero attached hydrogens (tertiary/aromatic N) is 1. The highest BCUT2D eigenvalue weighted by atomic mass is 16.4. The van der Waals surface area contributed by atoms with Gasteiger partial charge in [-0.3, -0.25) is 19.2 Å². The molecule has 4 amide bonds. The van der Waals surface area contributed by atoms with Gasteiger partial charge in [-0.25, -0.2) is 4.79 Å². The van der Waals surface area contributed by atoms with E-state index in [4.69, 9.17) is 11.5 Å². The van der Waals surface area contributed by atoms with Crippen LogP contribution in [0.3, 0.4) is 0 Å². The number of aromatic hydroxyl groups is 1. The number of rotatable bonds is 10. The molecular weight excluding hydrogens is 434 g/mol. The molecule has 33 heavy (non-hydrogen) atoms. The highest BCUT2D eigenvalue weighted by Gasteiger charge is 2.38. The molecule has 0 bridgehead atoms. The monoisotopic (exact) mass is 463 g/mol. The van der Waals surface area contributed by atoms with E-state index in [0.717, 1.165) is 0 Å². The van der Waals surface area contributed by atoms with Gasteiger partial charge < -0.3 is 37.2 Å². The standard InChI is InChI=1S/C21H29N5O7/c1-11(24-19(30)14(22)10-17(23)28)18(29)25-15(9-12-4-6-13(27)7-5-12)20(31)26-8-2-3-16(26)21(32)33/h4-7,11,14-16,27H,2-3,8-10,22H2,1H3,(H2,23,28)(H,24,30)(H,25,29)(H,32,33). The van der Waals surface area contributed by atoms with Gasteiger partial charge in [0.15, 0.2) is 0 Å². The molecule has 0 aliphatic carbocycles. The molecule has 12 nitrogen and oxygen atoms in total. The minimum absolute atomic E-state index is 0.0276. The van der Waals surface area contributed by atoms with Crippen LogP contribution in [-0.2, 0) is 30.4 Å². The zero-order chi connectivity index (χ0) is 24.7. The fourth-order valence-corrected chi connectivity index (χ4v) is 3.55. The second-order valence-electron chi connectivity index (χ2n) is 7.97. The van der Waals surface area contributed by atoms with Gasteiger partial charge >= 0.3 is 5.97 Å². The van der Waals surface area contributed by atoms with E-state index in [1.807, 2.05) is 0 Å². The number of carbonyl (C=O) groups excluding carboxylic acids is 4. The summed E-state index contributed by atoms with van der Waals surface area (Å²) in [6.45, 7) is 1.62. The van der Waals surface area contributed by atoms with Crippen LogP contribution in [0, 0.1) is 0 Å². The van der Waals surface area contributed by atoms with Gasteiger partial charge in [-0.2, -0.15) is 0 Å². The van der Waals surface area contributed by atoms with Crippen molar-refractivity contribution in [3.05, 3.63) is 29.8 Å². The topological polar surface area (TPSA) is 205 Å². The number of phenols is 1. The van der Waals surface area contributed by atoms with Crippen molar-refractivity contribution in [2.24, 2.45) is 11.5 Å². The summed E-state index contributed by atoms with van der Waals surface area (Å²) in [5.74, 6) is -3.89. The number of primary amides is 1. The molecule has 1 aromatic carbocycles. The van der Waals surface area contributed by atoms with Gasteiger partial charge in [0.05, 0.1) is 12.5 Å². The lowest BCUT2D eigenvalue weighted by atomic mass is 10.0. The summed E-state index contributed by atoms with van der Waals surface area (Å²) in [5, 5.41) is 23.8. The molecule has 4 unspecified atom stereocenters. The van der Waals surface area contributed by atoms with Crippen molar-refractivity contribution in [1.82, 2.24) is 15.5 Å². The first-order chi connectivity index (χ1) is 15.5. The number of nitrogens with two attached hydrogens (primary N) is 2. The summed E-state index contributed by atoms with van der Waals surface area (Å²) in [4.78, 5) is 61.7. The molecule has 0 saturated carbocycles. The molecule has 180 valence electrons. The van der Waals surface area contributed by atoms with E-state index in [-0.39, 0.29) is 18.7 Å². The maximum absolute atomic E-state index is 13.2. The van der Waals surface area contributed by atoms with E-state index in [9.17, 15) is 34.2 Å². The molecule has 1 aliphatic heterocycles. The number of hydrogen-bond donors (Lipinski definition) is 6. The first kappa shape index (κ1) is 25.6. The first-order valence-electron chi connectivity index (χ1n) is 10.5. The van der Waals surface area contributed by atoms with Crippen molar-refractivity contribution in [3.8, 4) is 5.75 Å². The molecular formula is C21H29N5O7. The van der Waals surface area contributed by atoms with E-state index in [1.54, 1.807) is 12.1 Å². The van der Waals surface area contributed by atoms with Gasteiger partial charge in [0, 0.05) is 13.0 Å². The number of carboxylic acids is 1. The Bertz CT molecular complexity index is 905. The molecule has 0 aromatic heterocycles. The van der Waals surface area contributed by atoms with Gasteiger partial charge in [0.2, 0.25) is 23.6 Å². The van der Waals surface area contributed by atoms with Crippen LogP contribution >= 0.6 is 0 Å². The Balaban J connectivity index is 2.15. The van der Waals surface area contributed by atoms with Crippen molar-refractivity contribution in [3.63, 3.8) is 0 Å². The fourth-order valence-electron chi connectivity index (χ4n) is 3.55. The van der Waals surface area contributed by atoms with E-state index in [1.165, 1.54) is 24.0 Å². The van der Waals surface area contributed by atoms with Gasteiger partial charge in [-0.1, -0.05) is 12.1 Å². The zero-order valence-electron chi connectivity index (χ0n) is 18.2. The average Bonchev–Trinajstić information content (AvgIpc) is 3.23. The smallest absolute Gasteiger partial charge is 0.326 e. The average molecular weight is 463 g/mol. The molecule has 8 N–H and O–H groups in total. The second kappa shape index (κ2) is 11.3. The summed E-state index contributed by atoms with van der Waals surface area (Å²) in [7, 11) is 0. The Morgan fingerprint density at radius 3 is 2.33 bits per heavy atom. The molecule has 1 heterocycles. The minimum Gasteiger partial charge on any atom is -0.508 e. The minimum atomic E-state index is -1.23. The van der Waals surface area contributed by atoms with Crippen LogP contribution < -0.4 is 22.1 Å². The fraction of sp³-hybridized carbons (Fsp3) is 0.476. The number of aliphatic carboxylic acids is 1. The molecule has 1 saturated heterocycles. The Morgan fingerprint density at radius 1 is 1.12 bits per heavy atom. The van der Waals surface area contributed by atoms with Crippen LogP contribution in [0.2, 0.25) is 0 Å². The Labute approximate surface area is 190 Å². The third-order valence-electron chi connectivity index (χ3n) is 5.32. The maximum atomic E-state index is 13.2. The van der Waals surface area contributed by atoms with Crippen LogP contribution in [0.15, 0.2) is 24.3 Å². The van der Waals surface area contributed by atoms with Crippen molar-refractivity contribution in [2.45, 2.75) is 56.8 Å². The zero-order valence-corrected chi connectivity index (χ0v) is 18.2. The quantitative estimate of drug-likeness (QED) is 0.233. The SMILES string of the molecule is CC(NC(=O)C(N)CC(N)=O)C(=O)NC(Cc1ccc(O)cc1)C(=O)N1CCCC1C(=O)O. The van der Waals surface area contributed by atoms with Crippen molar-refractivity contribution in [1.29, 1.82) is 0 Å². The van der Waals surface area contributed by atoms with Crippen molar-refractivity contribution < 1.29 is 34.2 Å². The normalized spacial score (nSPS) is 18.1. The molecule has 0 radical (unpaired) electrons. The first-order valence-corrected chi connectivity index (χ1v) is 10.5. The lowest BCUT2D eigenvalue weighted by molar-refractivity contribution is -0.149. The number of carboxylic acid groups (broad SMARTS) is 1. The number of phenolic OH excluding ortho intramolecular Hbond substituents is 1. The molecule has 1 aromatic rings. The third kappa shape index (κ3) is 7.17. The molecule has 4 atom stereocenters. The van der Waals surface area contributed by atoms with E-state index >= 15 is 0 Å². The number of likely N-dealkylation sites (tertiary alicyclic amines) is 1. The number of hydrogen-bond acceptors (Lipinski definition) is 7. The highest BCUT2D eigenvalue weighted by molar-refractivity contribution is 5.95. The summed E-state index contributed by atoms with van der Waals surface area (Å²) in [5.41, 5.74) is 11.2. The number of carbonyl (C=O) groups is 5. The van der Waals surface area contributed by atoms with Crippen LogP contribution in [-0.4, -0.2) is 75.4 Å². The Kier molecular flexibility index (Phi) is 8.74. The lowest BCUT2D eigenvalue weighted by Gasteiger charge is -2.28. The molecule has 2 rings (SSSR count). The van der Waals surface area contributed by atoms with Crippen LogP contribution in [0.25, 0.3) is 0 Å². The van der Waals surface area contributed by atoms with Gasteiger partial charge in [-0.15, -0.1) is 0 Å². The predicted molar refractivity (Wildman–Crippen MR) is 116 cm³/mol. The summed E-state index contributed by atoms with van der Waals surface area (Å²) < 4.78 is 0. The van der Waals surface area contributed by atoms with E-state index in [0.29, 0.717) is 18.4 Å². The summed E-state index contributed by atoms with van der Waals surface area (Å²) in [6, 6.07) is 1.59. The van der Waals surface area contributed by atoms with E-state index in [2.05, 4.69) is 10.6 Å². The molecule has 1 fully saturated rings. The number of amides is 4. The lowest BCUT2D eigenvalue weighted by Crippen LogP contribution is -2.57. The third-order valence-corrected chi connectivity index (χ3v) is 5.32. The molecule has 1 aliphatic rings. The van der Waals surface area contributed by atoms with E-state index < -0.39 is 60.2 Å². The van der Waals surface area contributed by atoms with Gasteiger partial charge in [0.25, 0.3) is 0 Å². The Hall–Kier alpha value is -3.67. The van der Waals surface area contributed by atoms with Gasteiger partial charge in [-0.05, 0) is 37.5 Å². The van der Waals surface area contributed by atoms with Crippen LogP contribution in [0.5, 0.6) is 5.75 Å². The number of benzene rings is 1. The largest absolute Gasteiger partial charge is 0.508 e. The predicted octanol–water partition coefficient (Wildman–Crippen LogP) is -1.80. The summed E-state index contributed by atoms with van der Waals surface area (Å²) >= 11 is 0. The maximum Gasteiger partial charge on any atom is 0.326 e. The van der Waals surface area contributed by atoms with Crippen LogP contribution in [0.4, 0.5) is 0 Å². The van der Waals surface area contributed by atoms with Crippen LogP contribution in [0.1, 0.15) is 31.7 Å². The van der Waals surface area contributed by atoms with Gasteiger partial charge in [0.1, 0.15) is 23.9 Å². The number of nitrogens with one attached hydrogen (secondary N) is 2. The Morgan fingerprint density at radius 2 is 1.76 bits per heavy atom. The van der Waals surface area contributed by atoms with Crippen molar-refractivity contribution >= 4 is 29.6 Å². The van der Waals surface area contributed by atoms with Crippen molar-refractivity contribution in [2.75, 3.05) is 6.54 Å².